The molecule has 0 saturated heterocycles. The lowest BCUT2D eigenvalue weighted by atomic mass is 10.00. The zero-order valence-corrected chi connectivity index (χ0v) is 12.4. The molecule has 0 aliphatic carbocycles. The van der Waals surface area contributed by atoms with Crippen LogP contribution in [-0.4, -0.2) is 11.8 Å². The molecule has 1 aliphatic heterocycles. The lowest BCUT2D eigenvalue weighted by Gasteiger charge is -2.17. The van der Waals surface area contributed by atoms with Gasteiger partial charge in [0.15, 0.2) is 0 Å². The number of hydrogen-bond donors (Lipinski definition) is 2. The predicted octanol–water partition coefficient (Wildman–Crippen LogP) is 3.84. The van der Waals surface area contributed by atoms with E-state index in [1.165, 1.54) is 18.2 Å². The number of hydrogen-bond acceptors (Lipinski definition) is 2. The Balaban J connectivity index is 1.80. The molecule has 0 bridgehead atoms. The summed E-state index contributed by atoms with van der Waals surface area (Å²) in [7, 11) is 0. The van der Waals surface area contributed by atoms with Crippen LogP contribution in [0.2, 0.25) is 0 Å². The van der Waals surface area contributed by atoms with Crippen molar-refractivity contribution in [2.24, 2.45) is 0 Å². The third-order valence-electron chi connectivity index (χ3n) is 3.71. The summed E-state index contributed by atoms with van der Waals surface area (Å²) in [5, 5.41) is 5.16. The molecule has 1 heterocycles. The fraction of sp³-hybridized carbons (Fsp3) is 0.176. The van der Waals surface area contributed by atoms with E-state index < -0.39 is 17.6 Å². The van der Waals surface area contributed by atoms with Crippen LogP contribution >= 0.6 is 0 Å². The summed E-state index contributed by atoms with van der Waals surface area (Å²) in [6.07, 6.45) is -3.61. The van der Waals surface area contributed by atoms with Crippen molar-refractivity contribution in [3.63, 3.8) is 0 Å². The van der Waals surface area contributed by atoms with Gasteiger partial charge in [0.1, 0.15) is 0 Å². The zero-order chi connectivity index (χ0) is 17.3. The lowest BCUT2D eigenvalue weighted by molar-refractivity contribution is -0.137. The number of fused-ring (bicyclic) bond motifs is 1. The minimum Gasteiger partial charge on any atom is -0.326 e. The van der Waals surface area contributed by atoms with Crippen molar-refractivity contribution in [2.75, 3.05) is 10.6 Å². The van der Waals surface area contributed by atoms with Gasteiger partial charge in [0.05, 0.1) is 5.56 Å². The Morgan fingerprint density at radius 1 is 1.08 bits per heavy atom. The van der Waals surface area contributed by atoms with Crippen LogP contribution in [0.4, 0.5) is 24.5 Å². The Hall–Kier alpha value is -2.83. The molecule has 2 amide bonds. The molecule has 7 heteroatoms. The molecule has 24 heavy (non-hydrogen) atoms. The number of alkyl halides is 3. The number of carbonyl (C=O) groups is 2. The summed E-state index contributed by atoms with van der Waals surface area (Å²) in [5.41, 5.74) is 1.05. The van der Waals surface area contributed by atoms with E-state index in [1.807, 2.05) is 0 Å². The normalized spacial score (nSPS) is 13.9. The van der Waals surface area contributed by atoms with Gasteiger partial charge in [-0.15, -0.1) is 0 Å². The number of anilines is 2. The lowest BCUT2D eigenvalue weighted by Crippen LogP contribution is -2.20. The van der Waals surface area contributed by atoms with Gasteiger partial charge in [0.25, 0.3) is 5.91 Å². The van der Waals surface area contributed by atoms with Crippen LogP contribution in [0, 0.1) is 0 Å². The van der Waals surface area contributed by atoms with E-state index in [0.717, 1.165) is 17.7 Å². The SMILES string of the molecule is O=C1CCc2cc(C(=O)Nc3cccc(C(F)(F)F)c3)ccc2N1. The van der Waals surface area contributed by atoms with Crippen molar-refractivity contribution >= 4 is 23.2 Å². The highest BCUT2D eigenvalue weighted by atomic mass is 19.4. The molecule has 0 aromatic heterocycles. The Kier molecular flexibility index (Phi) is 4.01. The average Bonchev–Trinajstić information content (AvgIpc) is 2.53. The standard InChI is InChI=1S/C17H13F3N2O2/c18-17(19,20)12-2-1-3-13(9-12)21-16(24)11-4-6-14-10(8-11)5-7-15(23)22-14/h1-4,6,8-9H,5,7H2,(H,21,24)(H,22,23). The predicted molar refractivity (Wildman–Crippen MR) is 82.8 cm³/mol. The molecule has 2 N–H and O–H groups in total. The van der Waals surface area contributed by atoms with Crippen molar-refractivity contribution in [1.82, 2.24) is 0 Å². The maximum atomic E-state index is 12.7. The quantitative estimate of drug-likeness (QED) is 0.877. The van der Waals surface area contributed by atoms with Gasteiger partial charge in [0, 0.05) is 23.4 Å². The van der Waals surface area contributed by atoms with Gasteiger partial charge in [-0.05, 0) is 48.4 Å². The van der Waals surface area contributed by atoms with Gasteiger partial charge in [-0.3, -0.25) is 9.59 Å². The first-order valence-corrected chi connectivity index (χ1v) is 7.24. The monoisotopic (exact) mass is 334 g/mol. The second kappa shape index (κ2) is 5.99. The van der Waals surface area contributed by atoms with Crippen LogP contribution in [0.5, 0.6) is 0 Å². The molecule has 4 nitrogen and oxygen atoms in total. The highest BCUT2D eigenvalue weighted by molar-refractivity contribution is 6.05. The van der Waals surface area contributed by atoms with Crippen molar-refractivity contribution < 1.29 is 22.8 Å². The van der Waals surface area contributed by atoms with Gasteiger partial charge >= 0.3 is 6.18 Å². The first-order chi connectivity index (χ1) is 11.3. The molecule has 0 atom stereocenters. The third-order valence-corrected chi connectivity index (χ3v) is 3.71. The van der Waals surface area contributed by atoms with Crippen molar-refractivity contribution in [2.45, 2.75) is 19.0 Å². The maximum Gasteiger partial charge on any atom is 0.416 e. The molecule has 3 rings (SSSR count). The first-order valence-electron chi connectivity index (χ1n) is 7.24. The summed E-state index contributed by atoms with van der Waals surface area (Å²) in [4.78, 5) is 23.6. The van der Waals surface area contributed by atoms with Crippen LogP contribution in [0.25, 0.3) is 0 Å². The molecule has 2 aromatic carbocycles. The highest BCUT2D eigenvalue weighted by Crippen LogP contribution is 2.31. The average molecular weight is 334 g/mol. The van der Waals surface area contributed by atoms with Crippen LogP contribution in [0.3, 0.4) is 0 Å². The van der Waals surface area contributed by atoms with E-state index in [-0.39, 0.29) is 11.6 Å². The maximum absolute atomic E-state index is 12.7. The van der Waals surface area contributed by atoms with Gasteiger partial charge in [-0.1, -0.05) is 6.07 Å². The summed E-state index contributed by atoms with van der Waals surface area (Å²) in [6, 6.07) is 9.24. The fourth-order valence-electron chi connectivity index (χ4n) is 2.50. The Morgan fingerprint density at radius 3 is 2.62 bits per heavy atom. The van der Waals surface area contributed by atoms with Crippen LogP contribution < -0.4 is 10.6 Å². The molecular formula is C17H13F3N2O2. The summed E-state index contributed by atoms with van der Waals surface area (Å²) in [6.45, 7) is 0. The number of nitrogens with one attached hydrogen (secondary N) is 2. The molecule has 2 aromatic rings. The molecule has 124 valence electrons. The van der Waals surface area contributed by atoms with Crippen LogP contribution in [0.15, 0.2) is 42.5 Å². The smallest absolute Gasteiger partial charge is 0.326 e. The van der Waals surface area contributed by atoms with E-state index in [2.05, 4.69) is 10.6 Å². The van der Waals surface area contributed by atoms with Crippen molar-refractivity contribution in [1.29, 1.82) is 0 Å². The van der Waals surface area contributed by atoms with E-state index in [0.29, 0.717) is 24.1 Å². The van der Waals surface area contributed by atoms with Crippen molar-refractivity contribution in [3.05, 3.63) is 59.2 Å². The van der Waals surface area contributed by atoms with E-state index in [9.17, 15) is 22.8 Å². The first kappa shape index (κ1) is 16.0. The molecule has 0 fully saturated rings. The molecule has 0 unspecified atom stereocenters. The minimum absolute atomic E-state index is 0.0702. The molecular weight excluding hydrogens is 321 g/mol. The van der Waals surface area contributed by atoms with Crippen LogP contribution in [-0.2, 0) is 17.4 Å². The molecule has 0 radical (unpaired) electrons. The largest absolute Gasteiger partial charge is 0.416 e. The Bertz CT molecular complexity index is 816. The summed E-state index contributed by atoms with van der Waals surface area (Å²) < 4.78 is 38.1. The topological polar surface area (TPSA) is 58.2 Å². The summed E-state index contributed by atoms with van der Waals surface area (Å²) >= 11 is 0. The highest BCUT2D eigenvalue weighted by Gasteiger charge is 2.30. The van der Waals surface area contributed by atoms with Gasteiger partial charge in [-0.25, -0.2) is 0 Å². The van der Waals surface area contributed by atoms with Gasteiger partial charge in [0.2, 0.25) is 5.91 Å². The number of amides is 2. The number of carbonyl (C=O) groups excluding carboxylic acids is 2. The van der Waals surface area contributed by atoms with E-state index in [4.69, 9.17) is 0 Å². The minimum atomic E-state index is -4.47. The van der Waals surface area contributed by atoms with Gasteiger partial charge in [-0.2, -0.15) is 13.2 Å². The second-order valence-electron chi connectivity index (χ2n) is 5.45. The number of halogens is 3. The number of rotatable bonds is 2. The Morgan fingerprint density at radius 2 is 1.88 bits per heavy atom. The molecule has 0 saturated carbocycles. The summed E-state index contributed by atoms with van der Waals surface area (Å²) in [5.74, 6) is -0.585. The zero-order valence-electron chi connectivity index (χ0n) is 12.4. The molecule has 1 aliphatic rings. The second-order valence-corrected chi connectivity index (χ2v) is 5.45. The van der Waals surface area contributed by atoms with Crippen molar-refractivity contribution in [3.8, 4) is 0 Å². The Labute approximate surface area is 135 Å². The molecule has 0 spiro atoms. The number of benzene rings is 2. The van der Waals surface area contributed by atoms with E-state index in [1.54, 1.807) is 12.1 Å². The fourth-order valence-corrected chi connectivity index (χ4v) is 2.50. The number of aryl methyl sites for hydroxylation is 1. The van der Waals surface area contributed by atoms with Crippen LogP contribution in [0.1, 0.15) is 27.9 Å². The van der Waals surface area contributed by atoms with E-state index >= 15 is 0 Å². The third kappa shape index (κ3) is 3.40. The van der Waals surface area contributed by atoms with Gasteiger partial charge < -0.3 is 10.6 Å².